The molecule has 1 N–H and O–H groups in total. The first-order valence-corrected chi connectivity index (χ1v) is 6.39. The summed E-state index contributed by atoms with van der Waals surface area (Å²) in [6.07, 6.45) is -0.393. The molecule has 0 fully saturated rings. The van der Waals surface area contributed by atoms with Crippen LogP contribution in [0.4, 0.5) is 0 Å². The summed E-state index contributed by atoms with van der Waals surface area (Å²) >= 11 is 0. The van der Waals surface area contributed by atoms with Crippen LogP contribution in [0.1, 0.15) is 35.1 Å². The summed E-state index contributed by atoms with van der Waals surface area (Å²) in [5.74, 6) is 0.0474. The van der Waals surface area contributed by atoms with Gasteiger partial charge in [0.2, 0.25) is 0 Å². The fourth-order valence-electron chi connectivity index (χ4n) is 2.30. The molecule has 0 amide bonds. The van der Waals surface area contributed by atoms with Crippen LogP contribution in [0, 0.1) is 13.8 Å². The van der Waals surface area contributed by atoms with Crippen LogP contribution < -0.4 is 0 Å². The lowest BCUT2D eigenvalue weighted by molar-refractivity contribution is 0.176. The Bertz CT molecular complexity index is 449. The Morgan fingerprint density at radius 1 is 0.722 bits per heavy atom. The molecule has 0 bridgehead atoms. The topological polar surface area (TPSA) is 20.2 Å². The lowest BCUT2D eigenvalue weighted by Crippen LogP contribution is -2.16. The van der Waals surface area contributed by atoms with Crippen LogP contribution in [0.2, 0.25) is 0 Å². The van der Waals surface area contributed by atoms with Crippen molar-refractivity contribution >= 4 is 0 Å². The third kappa shape index (κ3) is 2.80. The van der Waals surface area contributed by atoms with Crippen molar-refractivity contribution in [2.75, 3.05) is 0 Å². The van der Waals surface area contributed by atoms with Gasteiger partial charge in [-0.25, -0.2) is 0 Å². The normalized spacial score (nSPS) is 12.7. The van der Waals surface area contributed by atoms with Gasteiger partial charge >= 0.3 is 0 Å². The highest BCUT2D eigenvalue weighted by atomic mass is 16.3. The van der Waals surface area contributed by atoms with Gasteiger partial charge in [-0.05, 0) is 31.9 Å². The molecule has 0 aliphatic carbocycles. The predicted molar refractivity (Wildman–Crippen MR) is 75.9 cm³/mol. The van der Waals surface area contributed by atoms with Crippen molar-refractivity contribution in [2.24, 2.45) is 0 Å². The summed E-state index contributed by atoms with van der Waals surface area (Å²) in [6, 6.07) is 16.8. The van der Waals surface area contributed by atoms with E-state index in [0.717, 1.165) is 0 Å². The Balaban J connectivity index is 2.39. The third-order valence-corrected chi connectivity index (χ3v) is 3.36. The molecule has 0 radical (unpaired) electrons. The van der Waals surface area contributed by atoms with Crippen molar-refractivity contribution in [3.8, 4) is 0 Å². The Morgan fingerprint density at radius 3 is 1.33 bits per heavy atom. The SMILES string of the molecule is Cc1ccc(C(c2ccc(C)cc2)C(C)O)cc1. The Kier molecular flexibility index (Phi) is 3.83. The highest BCUT2D eigenvalue weighted by molar-refractivity contribution is 5.36. The quantitative estimate of drug-likeness (QED) is 0.864. The summed E-state index contributed by atoms with van der Waals surface area (Å²) in [5.41, 5.74) is 4.82. The highest BCUT2D eigenvalue weighted by Gasteiger charge is 2.19. The van der Waals surface area contributed by atoms with Crippen molar-refractivity contribution in [2.45, 2.75) is 32.8 Å². The Hall–Kier alpha value is -1.60. The van der Waals surface area contributed by atoms with E-state index in [1.54, 1.807) is 0 Å². The van der Waals surface area contributed by atoms with Gasteiger partial charge in [-0.3, -0.25) is 0 Å². The average molecular weight is 240 g/mol. The minimum atomic E-state index is -0.393. The third-order valence-electron chi connectivity index (χ3n) is 3.36. The van der Waals surface area contributed by atoms with Crippen LogP contribution in [-0.2, 0) is 0 Å². The second-order valence-corrected chi connectivity index (χ2v) is 5.04. The van der Waals surface area contributed by atoms with Gasteiger partial charge < -0.3 is 5.11 Å². The second kappa shape index (κ2) is 5.36. The molecule has 2 rings (SSSR count). The van der Waals surface area contributed by atoms with Crippen molar-refractivity contribution in [3.63, 3.8) is 0 Å². The Labute approximate surface area is 109 Å². The van der Waals surface area contributed by atoms with Crippen molar-refractivity contribution < 1.29 is 5.11 Å². The number of hydrogen-bond acceptors (Lipinski definition) is 1. The molecule has 1 nitrogen and oxygen atoms in total. The van der Waals surface area contributed by atoms with Crippen molar-refractivity contribution in [1.29, 1.82) is 0 Å². The fourth-order valence-corrected chi connectivity index (χ4v) is 2.30. The molecular weight excluding hydrogens is 220 g/mol. The molecule has 1 unspecified atom stereocenters. The number of aliphatic hydroxyl groups excluding tert-OH is 1. The van der Waals surface area contributed by atoms with Gasteiger partial charge in [-0.15, -0.1) is 0 Å². The van der Waals surface area contributed by atoms with Crippen molar-refractivity contribution in [1.82, 2.24) is 0 Å². The monoisotopic (exact) mass is 240 g/mol. The summed E-state index contributed by atoms with van der Waals surface area (Å²) in [7, 11) is 0. The highest BCUT2D eigenvalue weighted by Crippen LogP contribution is 2.28. The maximum absolute atomic E-state index is 10.1. The molecule has 0 saturated heterocycles. The van der Waals surface area contributed by atoms with E-state index in [9.17, 15) is 5.11 Å². The van der Waals surface area contributed by atoms with Gasteiger partial charge in [0.15, 0.2) is 0 Å². The number of hydrogen-bond donors (Lipinski definition) is 1. The standard InChI is InChI=1S/C17H20O/c1-12-4-8-15(9-5-12)17(14(3)18)16-10-6-13(2)7-11-16/h4-11,14,17-18H,1-3H3. The molecule has 0 spiro atoms. The zero-order valence-corrected chi connectivity index (χ0v) is 11.2. The van der Waals surface area contributed by atoms with E-state index in [0.29, 0.717) is 0 Å². The molecule has 2 aromatic rings. The first-order valence-electron chi connectivity index (χ1n) is 6.39. The largest absolute Gasteiger partial charge is 0.392 e. The zero-order valence-electron chi connectivity index (χ0n) is 11.2. The molecule has 18 heavy (non-hydrogen) atoms. The van der Waals surface area contributed by atoms with E-state index in [2.05, 4.69) is 62.4 Å². The van der Waals surface area contributed by atoms with Crippen LogP contribution in [0.3, 0.4) is 0 Å². The number of aryl methyl sites for hydroxylation is 2. The minimum absolute atomic E-state index is 0.0474. The van der Waals surface area contributed by atoms with E-state index >= 15 is 0 Å². The predicted octanol–water partition coefficient (Wildman–Crippen LogP) is 3.82. The van der Waals surface area contributed by atoms with Crippen LogP contribution in [0.5, 0.6) is 0 Å². The molecule has 0 aromatic heterocycles. The maximum atomic E-state index is 10.1. The smallest absolute Gasteiger partial charge is 0.0621 e. The van der Waals surface area contributed by atoms with E-state index in [-0.39, 0.29) is 5.92 Å². The van der Waals surface area contributed by atoms with Crippen LogP contribution in [0.25, 0.3) is 0 Å². The molecule has 94 valence electrons. The lowest BCUT2D eigenvalue weighted by Gasteiger charge is -2.21. The van der Waals surface area contributed by atoms with E-state index in [4.69, 9.17) is 0 Å². The average Bonchev–Trinajstić information content (AvgIpc) is 2.34. The lowest BCUT2D eigenvalue weighted by atomic mass is 9.86. The van der Waals surface area contributed by atoms with Crippen LogP contribution in [-0.4, -0.2) is 11.2 Å². The first-order chi connectivity index (χ1) is 8.58. The van der Waals surface area contributed by atoms with Crippen molar-refractivity contribution in [3.05, 3.63) is 70.8 Å². The van der Waals surface area contributed by atoms with Gasteiger partial charge in [-0.1, -0.05) is 59.7 Å². The molecule has 1 atom stereocenters. The molecule has 0 aliphatic rings. The van der Waals surface area contributed by atoms with E-state index in [1.807, 2.05) is 6.92 Å². The number of benzene rings is 2. The molecular formula is C17H20O. The van der Waals surface area contributed by atoms with Gasteiger partial charge in [-0.2, -0.15) is 0 Å². The zero-order chi connectivity index (χ0) is 13.1. The summed E-state index contributed by atoms with van der Waals surface area (Å²) < 4.78 is 0. The molecule has 0 aliphatic heterocycles. The second-order valence-electron chi connectivity index (χ2n) is 5.04. The van der Waals surface area contributed by atoms with E-state index in [1.165, 1.54) is 22.3 Å². The number of rotatable bonds is 3. The maximum Gasteiger partial charge on any atom is 0.0621 e. The summed E-state index contributed by atoms with van der Waals surface area (Å²) in [4.78, 5) is 0. The fraction of sp³-hybridized carbons (Fsp3) is 0.294. The minimum Gasteiger partial charge on any atom is -0.392 e. The molecule has 2 aromatic carbocycles. The van der Waals surface area contributed by atoms with E-state index < -0.39 is 6.10 Å². The Morgan fingerprint density at radius 2 is 1.06 bits per heavy atom. The molecule has 1 heteroatoms. The van der Waals surface area contributed by atoms with Crippen LogP contribution >= 0.6 is 0 Å². The van der Waals surface area contributed by atoms with Gasteiger partial charge in [0.25, 0.3) is 0 Å². The molecule has 0 saturated carbocycles. The number of aliphatic hydroxyl groups is 1. The van der Waals surface area contributed by atoms with Gasteiger partial charge in [0, 0.05) is 5.92 Å². The summed E-state index contributed by atoms with van der Waals surface area (Å²) in [6.45, 7) is 6.00. The first kappa shape index (κ1) is 12.8. The summed E-state index contributed by atoms with van der Waals surface area (Å²) in [5, 5.41) is 10.1. The van der Waals surface area contributed by atoms with Gasteiger partial charge in [0.05, 0.1) is 6.10 Å². The molecule has 0 heterocycles. The van der Waals surface area contributed by atoms with Crippen LogP contribution in [0.15, 0.2) is 48.5 Å². The van der Waals surface area contributed by atoms with Gasteiger partial charge in [0.1, 0.15) is 0 Å².